The first-order chi connectivity index (χ1) is 10.6. The van der Waals surface area contributed by atoms with Crippen LogP contribution in [0.2, 0.25) is 0 Å². The topological polar surface area (TPSA) is 35.6 Å². The van der Waals surface area contributed by atoms with Crippen molar-refractivity contribution in [3.05, 3.63) is 29.8 Å². The number of urea groups is 1. The third kappa shape index (κ3) is 2.98. The number of rotatable bonds is 2. The van der Waals surface area contributed by atoms with Crippen molar-refractivity contribution in [3.63, 3.8) is 0 Å². The Hall–Kier alpha value is -1.55. The fourth-order valence-corrected chi connectivity index (χ4v) is 3.95. The van der Waals surface area contributed by atoms with Gasteiger partial charge in [-0.3, -0.25) is 4.90 Å². The van der Waals surface area contributed by atoms with Crippen LogP contribution in [0.5, 0.6) is 0 Å². The molecule has 2 saturated heterocycles. The van der Waals surface area contributed by atoms with Crippen molar-refractivity contribution in [3.8, 4) is 0 Å². The third-order valence-electron chi connectivity index (χ3n) is 5.37. The van der Waals surface area contributed by atoms with E-state index in [9.17, 15) is 4.79 Å². The molecule has 2 amide bonds. The van der Waals surface area contributed by atoms with Gasteiger partial charge in [-0.15, -0.1) is 0 Å². The summed E-state index contributed by atoms with van der Waals surface area (Å²) < 4.78 is 0. The number of carbonyl (C=O) groups excluding carboxylic acids is 1. The Morgan fingerprint density at radius 3 is 2.77 bits per heavy atom. The Labute approximate surface area is 133 Å². The van der Waals surface area contributed by atoms with E-state index >= 15 is 0 Å². The van der Waals surface area contributed by atoms with Crippen molar-refractivity contribution in [1.82, 2.24) is 9.80 Å². The predicted molar refractivity (Wildman–Crippen MR) is 90.2 cm³/mol. The van der Waals surface area contributed by atoms with Crippen LogP contribution in [0.15, 0.2) is 24.3 Å². The summed E-state index contributed by atoms with van der Waals surface area (Å²) in [5.74, 6) is 0. The molecule has 0 radical (unpaired) electrons. The van der Waals surface area contributed by atoms with Gasteiger partial charge in [-0.25, -0.2) is 4.79 Å². The van der Waals surface area contributed by atoms with Crippen molar-refractivity contribution in [1.29, 1.82) is 0 Å². The molecular formula is C18H27N3O. The van der Waals surface area contributed by atoms with Crippen LogP contribution in [0.3, 0.4) is 0 Å². The van der Waals surface area contributed by atoms with E-state index in [0.717, 1.165) is 38.2 Å². The fraction of sp³-hybridized carbons (Fsp3) is 0.611. The maximum Gasteiger partial charge on any atom is 0.321 e. The number of hydrogen-bond donors (Lipinski definition) is 1. The second kappa shape index (κ2) is 6.29. The van der Waals surface area contributed by atoms with Crippen molar-refractivity contribution in [2.75, 3.05) is 32.0 Å². The first kappa shape index (κ1) is 15.3. The van der Waals surface area contributed by atoms with Gasteiger partial charge in [-0.1, -0.05) is 19.1 Å². The number of amides is 2. The zero-order valence-electron chi connectivity index (χ0n) is 13.8. The molecule has 2 heterocycles. The first-order valence-electron chi connectivity index (χ1n) is 8.49. The minimum atomic E-state index is 0.0487. The molecule has 1 spiro atoms. The summed E-state index contributed by atoms with van der Waals surface area (Å²) in [6.07, 6.45) is 5.79. The average Bonchev–Trinajstić information content (AvgIpc) is 2.88. The molecule has 2 aliphatic rings. The van der Waals surface area contributed by atoms with Crippen LogP contribution < -0.4 is 5.32 Å². The number of benzene rings is 1. The molecule has 120 valence electrons. The largest absolute Gasteiger partial charge is 0.323 e. The third-order valence-corrected chi connectivity index (χ3v) is 5.37. The molecule has 2 aliphatic heterocycles. The van der Waals surface area contributed by atoms with Gasteiger partial charge in [-0.05, 0) is 63.4 Å². The van der Waals surface area contributed by atoms with Gasteiger partial charge in [0.25, 0.3) is 0 Å². The van der Waals surface area contributed by atoms with E-state index in [2.05, 4.69) is 36.3 Å². The van der Waals surface area contributed by atoms with Crippen LogP contribution in [-0.4, -0.2) is 48.1 Å². The molecule has 1 N–H and O–H groups in total. The molecule has 22 heavy (non-hydrogen) atoms. The van der Waals surface area contributed by atoms with E-state index in [0.29, 0.717) is 0 Å². The average molecular weight is 301 g/mol. The number of aryl methyl sites for hydroxylation is 1. The van der Waals surface area contributed by atoms with Crippen molar-refractivity contribution in [2.24, 2.45) is 0 Å². The highest BCUT2D eigenvalue weighted by Gasteiger charge is 2.42. The Bertz CT molecular complexity index is 545. The highest BCUT2D eigenvalue weighted by molar-refractivity contribution is 5.89. The zero-order chi connectivity index (χ0) is 15.6. The molecule has 4 nitrogen and oxygen atoms in total. The second-order valence-electron chi connectivity index (χ2n) is 6.76. The van der Waals surface area contributed by atoms with E-state index in [1.54, 1.807) is 0 Å². The van der Waals surface area contributed by atoms with E-state index < -0.39 is 0 Å². The Balaban J connectivity index is 1.66. The molecule has 1 atom stereocenters. The van der Waals surface area contributed by atoms with Gasteiger partial charge in [0.1, 0.15) is 0 Å². The quantitative estimate of drug-likeness (QED) is 0.909. The minimum absolute atomic E-state index is 0.0487. The SMILES string of the molecule is CCc1cccc(NC(=O)N2CCCC3(CCCN3C)C2)c1. The molecular weight excluding hydrogens is 274 g/mol. The maximum absolute atomic E-state index is 12.6. The van der Waals surface area contributed by atoms with E-state index in [4.69, 9.17) is 0 Å². The normalized spacial score (nSPS) is 25.6. The number of carbonyl (C=O) groups is 1. The van der Waals surface area contributed by atoms with Gasteiger partial charge < -0.3 is 10.2 Å². The lowest BCUT2D eigenvalue weighted by Gasteiger charge is -2.44. The summed E-state index contributed by atoms with van der Waals surface area (Å²) in [5, 5.41) is 3.08. The van der Waals surface area contributed by atoms with Crippen LogP contribution >= 0.6 is 0 Å². The molecule has 0 bridgehead atoms. The number of nitrogens with zero attached hydrogens (tertiary/aromatic N) is 2. The van der Waals surface area contributed by atoms with Crippen molar-refractivity contribution in [2.45, 2.75) is 44.6 Å². The Kier molecular flexibility index (Phi) is 4.39. The standard InChI is InChI=1S/C18H27N3O/c1-3-15-7-4-8-16(13-15)19-17(22)21-12-6-10-18(14-21)9-5-11-20(18)2/h4,7-8,13H,3,5-6,9-12,14H2,1-2H3,(H,19,22). The van der Waals surface area contributed by atoms with E-state index in [1.807, 2.05) is 17.0 Å². The molecule has 2 fully saturated rings. The minimum Gasteiger partial charge on any atom is -0.323 e. The lowest BCUT2D eigenvalue weighted by atomic mass is 9.87. The summed E-state index contributed by atoms with van der Waals surface area (Å²) in [6, 6.07) is 8.20. The maximum atomic E-state index is 12.6. The fourth-order valence-electron chi connectivity index (χ4n) is 3.95. The monoisotopic (exact) mass is 301 g/mol. The smallest absolute Gasteiger partial charge is 0.321 e. The van der Waals surface area contributed by atoms with E-state index in [-0.39, 0.29) is 11.6 Å². The molecule has 0 aliphatic carbocycles. The zero-order valence-corrected chi connectivity index (χ0v) is 13.8. The van der Waals surface area contributed by atoms with Crippen LogP contribution in [0.1, 0.15) is 38.2 Å². The van der Waals surface area contributed by atoms with E-state index in [1.165, 1.54) is 24.8 Å². The first-order valence-corrected chi connectivity index (χ1v) is 8.49. The summed E-state index contributed by atoms with van der Waals surface area (Å²) in [5.41, 5.74) is 2.38. The van der Waals surface area contributed by atoms with Crippen molar-refractivity contribution >= 4 is 11.7 Å². The second-order valence-corrected chi connectivity index (χ2v) is 6.76. The van der Waals surface area contributed by atoms with Crippen LogP contribution in [0, 0.1) is 0 Å². The summed E-state index contributed by atoms with van der Waals surface area (Å²) in [4.78, 5) is 17.1. The summed E-state index contributed by atoms with van der Waals surface area (Å²) >= 11 is 0. The molecule has 3 rings (SSSR count). The highest BCUT2D eigenvalue weighted by atomic mass is 16.2. The number of likely N-dealkylation sites (N-methyl/N-ethyl adjacent to an activating group) is 1. The Morgan fingerprint density at radius 2 is 2.05 bits per heavy atom. The van der Waals surface area contributed by atoms with Gasteiger partial charge in [-0.2, -0.15) is 0 Å². The number of piperidine rings is 1. The van der Waals surface area contributed by atoms with Gasteiger partial charge in [0.2, 0.25) is 0 Å². The molecule has 1 unspecified atom stereocenters. The van der Waals surface area contributed by atoms with Gasteiger partial charge >= 0.3 is 6.03 Å². The van der Waals surface area contributed by atoms with Crippen LogP contribution in [0.4, 0.5) is 10.5 Å². The molecule has 0 aromatic heterocycles. The number of likely N-dealkylation sites (tertiary alicyclic amines) is 2. The predicted octanol–water partition coefficient (Wildman–Crippen LogP) is 3.34. The molecule has 1 aromatic rings. The number of nitrogens with one attached hydrogen (secondary N) is 1. The number of anilines is 1. The summed E-state index contributed by atoms with van der Waals surface area (Å²) in [7, 11) is 2.21. The van der Waals surface area contributed by atoms with Gasteiger partial charge in [0.15, 0.2) is 0 Å². The van der Waals surface area contributed by atoms with Crippen LogP contribution in [0.25, 0.3) is 0 Å². The lowest BCUT2D eigenvalue weighted by Crippen LogP contribution is -2.56. The molecule has 0 saturated carbocycles. The highest BCUT2D eigenvalue weighted by Crippen LogP contribution is 2.36. The Morgan fingerprint density at radius 1 is 1.27 bits per heavy atom. The lowest BCUT2D eigenvalue weighted by molar-refractivity contribution is 0.0771. The van der Waals surface area contributed by atoms with Crippen molar-refractivity contribution < 1.29 is 4.79 Å². The van der Waals surface area contributed by atoms with Gasteiger partial charge in [0.05, 0.1) is 0 Å². The molecule has 4 heteroatoms. The molecule has 1 aromatic carbocycles. The van der Waals surface area contributed by atoms with Gasteiger partial charge in [0, 0.05) is 24.3 Å². The number of hydrogen-bond acceptors (Lipinski definition) is 2. The summed E-state index contributed by atoms with van der Waals surface area (Å²) in [6.45, 7) is 5.02. The van der Waals surface area contributed by atoms with Crippen LogP contribution in [-0.2, 0) is 6.42 Å².